The third kappa shape index (κ3) is 3.80. The molecule has 0 bridgehead atoms. The Morgan fingerprint density at radius 2 is 1.91 bits per heavy atom. The molecular weight excluding hydrogens is 408 g/mol. The molecule has 0 aliphatic carbocycles. The average Bonchev–Trinajstić information content (AvgIpc) is 3.30. The van der Waals surface area contributed by atoms with E-state index < -0.39 is 0 Å². The number of fused-ring (bicyclic) bond motifs is 1. The molecule has 0 unspecified atom stereocenters. The molecule has 0 atom stereocenters. The van der Waals surface area contributed by atoms with Crippen LogP contribution in [0.15, 0.2) is 53.4 Å². The van der Waals surface area contributed by atoms with Crippen molar-refractivity contribution in [3.8, 4) is 11.3 Å². The molecule has 9 heteroatoms. The Balaban J connectivity index is 1.57. The lowest BCUT2D eigenvalue weighted by atomic mass is 10.1. The highest BCUT2D eigenvalue weighted by atomic mass is 16.6. The lowest BCUT2D eigenvalue weighted by Gasteiger charge is -2.28. The van der Waals surface area contributed by atoms with Crippen LogP contribution in [0.1, 0.15) is 6.42 Å². The minimum atomic E-state index is -0.117. The summed E-state index contributed by atoms with van der Waals surface area (Å²) >= 11 is 0. The molecule has 4 heterocycles. The van der Waals surface area contributed by atoms with Crippen LogP contribution in [-0.4, -0.2) is 54.5 Å². The molecule has 0 radical (unpaired) electrons. The Labute approximate surface area is 185 Å². The molecule has 32 heavy (non-hydrogen) atoms. The quantitative estimate of drug-likeness (QED) is 0.611. The largest absolute Gasteiger partial charge is 0.378 e. The van der Waals surface area contributed by atoms with Crippen LogP contribution in [0.3, 0.4) is 0 Å². The first kappa shape index (κ1) is 20.5. The van der Waals surface area contributed by atoms with Gasteiger partial charge >= 0.3 is 0 Å². The van der Waals surface area contributed by atoms with Crippen LogP contribution in [0.25, 0.3) is 22.2 Å². The second-order valence-corrected chi connectivity index (χ2v) is 7.94. The number of benzene rings is 1. The van der Waals surface area contributed by atoms with Gasteiger partial charge in [-0.1, -0.05) is 12.1 Å². The summed E-state index contributed by atoms with van der Waals surface area (Å²) in [7, 11) is 3.28. The SMILES string of the molecule is CONC1=CN(c2nc(-c3ccc(N4CCOCC4)cc3)cc3ncn(C)c(=O)c23)CC1. The number of anilines is 2. The van der Waals surface area contributed by atoms with Crippen LogP contribution < -0.4 is 20.8 Å². The number of morpholine rings is 1. The number of aryl methyl sites for hydroxylation is 1. The monoisotopic (exact) mass is 434 g/mol. The smallest absolute Gasteiger partial charge is 0.264 e. The van der Waals surface area contributed by atoms with Gasteiger partial charge in [0.15, 0.2) is 0 Å². The number of hydrogen-bond donors (Lipinski definition) is 1. The van der Waals surface area contributed by atoms with Crippen molar-refractivity contribution in [1.29, 1.82) is 0 Å². The van der Waals surface area contributed by atoms with E-state index in [4.69, 9.17) is 14.6 Å². The van der Waals surface area contributed by atoms with Gasteiger partial charge in [-0.05, 0) is 18.2 Å². The maximum absolute atomic E-state index is 13.0. The zero-order valence-corrected chi connectivity index (χ0v) is 18.2. The van der Waals surface area contributed by atoms with Crippen molar-refractivity contribution >= 4 is 22.4 Å². The van der Waals surface area contributed by atoms with E-state index in [1.807, 2.05) is 17.2 Å². The predicted molar refractivity (Wildman–Crippen MR) is 123 cm³/mol. The highest BCUT2D eigenvalue weighted by Gasteiger charge is 2.21. The summed E-state index contributed by atoms with van der Waals surface area (Å²) in [4.78, 5) is 31.7. The predicted octanol–water partition coefficient (Wildman–Crippen LogP) is 2.03. The van der Waals surface area contributed by atoms with Gasteiger partial charge in [0, 0.05) is 50.6 Å². The Bertz CT molecular complexity index is 1210. The number of aromatic nitrogens is 3. The van der Waals surface area contributed by atoms with Crippen molar-refractivity contribution in [3.63, 3.8) is 0 Å². The summed E-state index contributed by atoms with van der Waals surface area (Å²) in [5.74, 6) is 0.608. The third-order valence-electron chi connectivity index (χ3n) is 5.86. The molecule has 2 aliphatic heterocycles. The second-order valence-electron chi connectivity index (χ2n) is 7.94. The standard InChI is InChI=1S/C23H26N6O3/c1-27-15-24-20-13-19(16-3-5-18(6-4-16)28-9-11-32-12-10-28)25-22(21(20)23(27)30)29-8-7-17(14-29)26-31-2/h3-6,13-15,26H,7-12H2,1-2H3. The minimum Gasteiger partial charge on any atom is -0.378 e. The van der Waals surface area contributed by atoms with Gasteiger partial charge in [-0.25, -0.2) is 9.97 Å². The van der Waals surface area contributed by atoms with Gasteiger partial charge in [-0.3, -0.25) is 15.1 Å². The number of rotatable bonds is 5. The van der Waals surface area contributed by atoms with Crippen molar-refractivity contribution in [3.05, 3.63) is 58.9 Å². The number of nitrogens with one attached hydrogen (secondary N) is 1. The number of pyridine rings is 1. The summed E-state index contributed by atoms with van der Waals surface area (Å²) in [5.41, 5.74) is 7.26. The lowest BCUT2D eigenvalue weighted by Crippen LogP contribution is -2.36. The van der Waals surface area contributed by atoms with Gasteiger partial charge in [0.1, 0.15) is 11.2 Å². The molecule has 0 spiro atoms. The second kappa shape index (κ2) is 8.60. The maximum Gasteiger partial charge on any atom is 0.264 e. The van der Waals surface area contributed by atoms with E-state index in [1.54, 1.807) is 20.5 Å². The Morgan fingerprint density at radius 1 is 1.12 bits per heavy atom. The summed E-state index contributed by atoms with van der Waals surface area (Å²) in [6, 6.07) is 10.3. The molecule has 1 aromatic carbocycles. The van der Waals surface area contributed by atoms with Crippen LogP contribution >= 0.6 is 0 Å². The molecule has 1 saturated heterocycles. The molecule has 2 aromatic heterocycles. The fourth-order valence-corrected chi connectivity index (χ4v) is 4.16. The molecule has 2 aliphatic rings. The van der Waals surface area contributed by atoms with Crippen molar-refractivity contribution in [1.82, 2.24) is 20.0 Å². The minimum absolute atomic E-state index is 0.117. The fourth-order valence-electron chi connectivity index (χ4n) is 4.16. The van der Waals surface area contributed by atoms with Crippen molar-refractivity contribution in [2.24, 2.45) is 7.05 Å². The number of nitrogens with zero attached hydrogens (tertiary/aromatic N) is 5. The van der Waals surface area contributed by atoms with E-state index in [-0.39, 0.29) is 5.56 Å². The summed E-state index contributed by atoms with van der Waals surface area (Å²) in [5, 5.41) is 0.513. The Kier molecular flexibility index (Phi) is 5.50. The number of ether oxygens (including phenoxy) is 1. The maximum atomic E-state index is 13.0. The normalized spacial score (nSPS) is 16.5. The van der Waals surface area contributed by atoms with Gasteiger partial charge in [-0.15, -0.1) is 0 Å². The van der Waals surface area contributed by atoms with E-state index in [1.165, 1.54) is 10.3 Å². The van der Waals surface area contributed by atoms with Crippen molar-refractivity contribution in [2.45, 2.75) is 6.42 Å². The van der Waals surface area contributed by atoms with Crippen molar-refractivity contribution in [2.75, 3.05) is 49.8 Å². The number of hydroxylamine groups is 1. The van der Waals surface area contributed by atoms with Gasteiger partial charge in [0.25, 0.3) is 5.56 Å². The molecule has 166 valence electrons. The van der Waals surface area contributed by atoms with Crippen LogP contribution in [0.2, 0.25) is 0 Å². The van der Waals surface area contributed by atoms with Gasteiger partial charge in [0.2, 0.25) is 0 Å². The molecule has 1 fully saturated rings. The molecule has 3 aromatic rings. The van der Waals surface area contributed by atoms with E-state index in [2.05, 4.69) is 39.6 Å². The summed E-state index contributed by atoms with van der Waals surface area (Å²) < 4.78 is 6.93. The molecule has 0 saturated carbocycles. The molecule has 1 N–H and O–H groups in total. The highest BCUT2D eigenvalue weighted by molar-refractivity contribution is 5.92. The first-order valence-electron chi connectivity index (χ1n) is 10.7. The number of hydrogen-bond acceptors (Lipinski definition) is 8. The van der Waals surface area contributed by atoms with Gasteiger partial charge in [0.05, 0.1) is 43.6 Å². The van der Waals surface area contributed by atoms with E-state index in [0.29, 0.717) is 23.3 Å². The van der Waals surface area contributed by atoms with E-state index >= 15 is 0 Å². The van der Waals surface area contributed by atoms with Crippen molar-refractivity contribution < 1.29 is 9.57 Å². The van der Waals surface area contributed by atoms with Crippen LogP contribution in [0, 0.1) is 0 Å². The third-order valence-corrected chi connectivity index (χ3v) is 5.86. The molecule has 9 nitrogen and oxygen atoms in total. The molecule has 0 amide bonds. The van der Waals surface area contributed by atoms with Crippen LogP contribution in [0.5, 0.6) is 0 Å². The van der Waals surface area contributed by atoms with Gasteiger partial charge in [-0.2, -0.15) is 0 Å². The Hall–Kier alpha value is -3.43. The van der Waals surface area contributed by atoms with Crippen LogP contribution in [0.4, 0.5) is 11.5 Å². The van der Waals surface area contributed by atoms with Gasteiger partial charge < -0.3 is 19.1 Å². The first-order chi connectivity index (χ1) is 15.6. The summed E-state index contributed by atoms with van der Waals surface area (Å²) in [6.07, 6.45) is 4.26. The average molecular weight is 435 g/mol. The molecule has 5 rings (SSSR count). The zero-order valence-electron chi connectivity index (χ0n) is 18.2. The topological polar surface area (TPSA) is 84.8 Å². The Morgan fingerprint density at radius 3 is 2.66 bits per heavy atom. The zero-order chi connectivity index (χ0) is 22.1. The van der Waals surface area contributed by atoms with E-state index in [0.717, 1.165) is 49.7 Å². The fraction of sp³-hybridized carbons (Fsp3) is 0.348. The van der Waals surface area contributed by atoms with Crippen LogP contribution in [-0.2, 0) is 16.6 Å². The summed E-state index contributed by atoms with van der Waals surface area (Å²) in [6.45, 7) is 3.99. The highest BCUT2D eigenvalue weighted by Crippen LogP contribution is 2.30. The lowest BCUT2D eigenvalue weighted by molar-refractivity contribution is 0.116. The first-order valence-corrected chi connectivity index (χ1v) is 10.7. The molecular formula is C23H26N6O3. The van der Waals surface area contributed by atoms with E-state index in [9.17, 15) is 4.79 Å².